The lowest BCUT2D eigenvalue weighted by Gasteiger charge is -2.39. The van der Waals surface area contributed by atoms with Gasteiger partial charge in [0.15, 0.2) is 6.61 Å². The number of hydrogen-bond acceptors (Lipinski definition) is 4. The third-order valence-electron chi connectivity index (χ3n) is 4.88. The van der Waals surface area contributed by atoms with Crippen molar-refractivity contribution in [1.82, 2.24) is 4.90 Å². The number of rotatable bonds is 6. The van der Waals surface area contributed by atoms with Crippen molar-refractivity contribution >= 4 is 16.7 Å². The number of fused-ring (bicyclic) bond motifs is 1. The predicted octanol–water partition coefficient (Wildman–Crippen LogP) is 2.48. The Labute approximate surface area is 147 Å². The van der Waals surface area contributed by atoms with Gasteiger partial charge in [0.25, 0.3) is 5.91 Å². The van der Waals surface area contributed by atoms with Crippen molar-refractivity contribution in [3.8, 4) is 5.75 Å². The molecule has 0 aliphatic carbocycles. The Hall–Kier alpha value is -2.11. The summed E-state index contributed by atoms with van der Waals surface area (Å²) in [5, 5.41) is 2.28. The molecular weight excluding hydrogens is 318 g/mol. The van der Waals surface area contributed by atoms with Gasteiger partial charge in [-0.1, -0.05) is 30.3 Å². The summed E-state index contributed by atoms with van der Waals surface area (Å²) in [6.45, 7) is 3.77. The summed E-state index contributed by atoms with van der Waals surface area (Å²) in [4.78, 5) is 14.0. The van der Waals surface area contributed by atoms with Crippen LogP contribution in [0, 0.1) is 5.92 Å². The fraction of sp³-hybridized carbons (Fsp3) is 0.450. The van der Waals surface area contributed by atoms with Crippen molar-refractivity contribution < 1.29 is 19.0 Å². The number of nitrogens with zero attached hydrogens (tertiary/aromatic N) is 1. The zero-order valence-corrected chi connectivity index (χ0v) is 14.2. The molecular formula is C20H23NO4. The van der Waals surface area contributed by atoms with Crippen LogP contribution >= 0.6 is 0 Å². The second-order valence-electron chi connectivity index (χ2n) is 6.78. The lowest BCUT2D eigenvalue weighted by Crippen LogP contribution is -2.56. The summed E-state index contributed by atoms with van der Waals surface area (Å²) < 4.78 is 16.8. The minimum absolute atomic E-state index is 0.0113. The van der Waals surface area contributed by atoms with Crippen LogP contribution < -0.4 is 4.74 Å². The van der Waals surface area contributed by atoms with Gasteiger partial charge in [-0.15, -0.1) is 0 Å². The molecule has 2 heterocycles. The van der Waals surface area contributed by atoms with Gasteiger partial charge in [0.2, 0.25) is 0 Å². The maximum absolute atomic E-state index is 12.2. The van der Waals surface area contributed by atoms with Crippen LogP contribution in [0.5, 0.6) is 5.75 Å². The van der Waals surface area contributed by atoms with E-state index in [0.717, 1.165) is 42.8 Å². The molecule has 2 aliphatic heterocycles. The maximum atomic E-state index is 12.2. The van der Waals surface area contributed by atoms with Gasteiger partial charge in [0.05, 0.1) is 19.3 Å². The largest absolute Gasteiger partial charge is 0.484 e. The van der Waals surface area contributed by atoms with Crippen molar-refractivity contribution in [2.45, 2.75) is 12.5 Å². The van der Waals surface area contributed by atoms with Crippen molar-refractivity contribution in [2.75, 3.05) is 39.5 Å². The average Bonchev–Trinajstić information content (AvgIpc) is 3.12. The van der Waals surface area contributed by atoms with Gasteiger partial charge in [-0.3, -0.25) is 4.79 Å². The fourth-order valence-electron chi connectivity index (χ4n) is 3.23. The molecule has 2 aliphatic rings. The molecule has 132 valence electrons. The first-order valence-corrected chi connectivity index (χ1v) is 8.86. The van der Waals surface area contributed by atoms with Gasteiger partial charge >= 0.3 is 0 Å². The van der Waals surface area contributed by atoms with Crippen molar-refractivity contribution in [3.63, 3.8) is 0 Å². The minimum Gasteiger partial charge on any atom is -0.484 e. The molecule has 2 saturated heterocycles. The fourth-order valence-corrected chi connectivity index (χ4v) is 3.23. The summed E-state index contributed by atoms with van der Waals surface area (Å²) >= 11 is 0. The smallest absolute Gasteiger partial charge is 0.260 e. The lowest BCUT2D eigenvalue weighted by atomic mass is 10.1. The van der Waals surface area contributed by atoms with Crippen molar-refractivity contribution in [2.24, 2.45) is 5.92 Å². The molecule has 0 bridgehead atoms. The van der Waals surface area contributed by atoms with Gasteiger partial charge in [0, 0.05) is 25.6 Å². The van der Waals surface area contributed by atoms with Gasteiger partial charge in [0.1, 0.15) is 5.75 Å². The Morgan fingerprint density at radius 3 is 2.80 bits per heavy atom. The summed E-state index contributed by atoms with van der Waals surface area (Å²) in [5.41, 5.74) is 0. The van der Waals surface area contributed by atoms with Crippen LogP contribution in [0.1, 0.15) is 6.42 Å². The summed E-state index contributed by atoms with van der Waals surface area (Å²) in [6, 6.07) is 14.0. The molecule has 2 fully saturated rings. The SMILES string of the molecule is O=C(COc1ccc2ccccc2c1)N1CC(OCC2CCOC2)C1. The van der Waals surface area contributed by atoms with Gasteiger partial charge in [-0.05, 0) is 29.3 Å². The highest BCUT2D eigenvalue weighted by atomic mass is 16.5. The van der Waals surface area contributed by atoms with Gasteiger partial charge < -0.3 is 19.1 Å². The Bertz CT molecular complexity index is 735. The molecule has 2 aromatic carbocycles. The molecule has 1 amide bonds. The van der Waals surface area contributed by atoms with E-state index >= 15 is 0 Å². The molecule has 0 saturated carbocycles. The molecule has 4 rings (SSSR count). The number of ether oxygens (including phenoxy) is 3. The summed E-state index contributed by atoms with van der Waals surface area (Å²) in [5.74, 6) is 1.25. The number of amides is 1. The number of carbonyl (C=O) groups excluding carboxylic acids is 1. The molecule has 0 radical (unpaired) electrons. The molecule has 0 N–H and O–H groups in total. The van der Waals surface area contributed by atoms with E-state index in [1.165, 1.54) is 0 Å². The second-order valence-corrected chi connectivity index (χ2v) is 6.78. The maximum Gasteiger partial charge on any atom is 0.260 e. The molecule has 1 atom stereocenters. The monoisotopic (exact) mass is 341 g/mol. The number of carbonyl (C=O) groups is 1. The lowest BCUT2D eigenvalue weighted by molar-refractivity contribution is -0.148. The highest BCUT2D eigenvalue weighted by Crippen LogP contribution is 2.21. The van der Waals surface area contributed by atoms with Crippen LogP contribution in [-0.2, 0) is 14.3 Å². The quantitative estimate of drug-likeness (QED) is 0.810. The third-order valence-corrected chi connectivity index (χ3v) is 4.88. The topological polar surface area (TPSA) is 48.0 Å². The van der Waals surface area contributed by atoms with Crippen LogP contribution in [0.2, 0.25) is 0 Å². The summed E-state index contributed by atoms with van der Waals surface area (Å²) in [6.07, 6.45) is 1.24. The van der Waals surface area contributed by atoms with Gasteiger partial charge in [-0.25, -0.2) is 0 Å². The van der Waals surface area contributed by atoms with Gasteiger partial charge in [-0.2, -0.15) is 0 Å². The van der Waals surface area contributed by atoms with Crippen LogP contribution in [0.3, 0.4) is 0 Å². The first-order valence-electron chi connectivity index (χ1n) is 8.86. The van der Waals surface area contributed by atoms with E-state index in [4.69, 9.17) is 14.2 Å². The number of benzene rings is 2. The standard InChI is InChI=1S/C20H23NO4/c22-20(21-10-19(11-21)24-13-15-7-8-23-12-15)14-25-18-6-5-16-3-1-2-4-17(16)9-18/h1-6,9,15,19H,7-8,10-14H2. The Balaban J connectivity index is 1.20. The highest BCUT2D eigenvalue weighted by Gasteiger charge is 2.32. The van der Waals surface area contributed by atoms with E-state index in [0.29, 0.717) is 19.0 Å². The van der Waals surface area contributed by atoms with E-state index in [9.17, 15) is 4.79 Å². The van der Waals surface area contributed by atoms with E-state index in [2.05, 4.69) is 6.07 Å². The van der Waals surface area contributed by atoms with Crippen LogP contribution in [0.15, 0.2) is 42.5 Å². The zero-order valence-electron chi connectivity index (χ0n) is 14.2. The highest BCUT2D eigenvalue weighted by molar-refractivity contribution is 5.84. The van der Waals surface area contributed by atoms with E-state index in [-0.39, 0.29) is 18.6 Å². The van der Waals surface area contributed by atoms with Crippen LogP contribution in [0.25, 0.3) is 10.8 Å². The summed E-state index contributed by atoms with van der Waals surface area (Å²) in [7, 11) is 0. The van der Waals surface area contributed by atoms with E-state index < -0.39 is 0 Å². The number of likely N-dealkylation sites (tertiary alicyclic amines) is 1. The zero-order chi connectivity index (χ0) is 17.1. The Morgan fingerprint density at radius 1 is 1.16 bits per heavy atom. The van der Waals surface area contributed by atoms with E-state index in [1.807, 2.05) is 36.4 Å². The number of hydrogen-bond donors (Lipinski definition) is 0. The molecule has 5 heteroatoms. The van der Waals surface area contributed by atoms with Crippen LogP contribution in [-0.4, -0.2) is 56.4 Å². The average molecular weight is 341 g/mol. The molecule has 0 aromatic heterocycles. The van der Waals surface area contributed by atoms with Crippen LogP contribution in [0.4, 0.5) is 0 Å². The first kappa shape index (κ1) is 16.4. The predicted molar refractivity (Wildman–Crippen MR) is 94.7 cm³/mol. The second kappa shape index (κ2) is 7.42. The van der Waals surface area contributed by atoms with E-state index in [1.54, 1.807) is 4.90 Å². The Morgan fingerprint density at radius 2 is 2.00 bits per heavy atom. The Kier molecular flexibility index (Phi) is 4.85. The third kappa shape index (κ3) is 3.94. The minimum atomic E-state index is 0.0113. The normalized spacial score (nSPS) is 20.6. The first-order chi connectivity index (χ1) is 12.3. The van der Waals surface area contributed by atoms with Crippen molar-refractivity contribution in [1.29, 1.82) is 0 Å². The van der Waals surface area contributed by atoms with Crippen molar-refractivity contribution in [3.05, 3.63) is 42.5 Å². The molecule has 2 aromatic rings. The molecule has 0 spiro atoms. The molecule has 5 nitrogen and oxygen atoms in total. The molecule has 1 unspecified atom stereocenters. The molecule has 25 heavy (non-hydrogen) atoms.